The molecule has 3 aliphatic rings. The lowest BCUT2D eigenvalue weighted by Gasteiger charge is -2.37. The number of carbonyl (C=O) groups excluding carboxylic acids is 3. The number of ether oxygens (including phenoxy) is 1. The van der Waals surface area contributed by atoms with Gasteiger partial charge in [0.05, 0.1) is 35.6 Å². The van der Waals surface area contributed by atoms with Crippen molar-refractivity contribution in [1.29, 1.82) is 0 Å². The molecule has 3 amide bonds. The van der Waals surface area contributed by atoms with Crippen LogP contribution in [-0.2, 0) is 4.74 Å². The summed E-state index contributed by atoms with van der Waals surface area (Å²) in [4.78, 5) is 42.1. The van der Waals surface area contributed by atoms with Crippen LogP contribution in [-0.4, -0.2) is 61.0 Å². The van der Waals surface area contributed by atoms with E-state index in [4.69, 9.17) is 4.74 Å². The monoisotopic (exact) mass is 427 g/mol. The summed E-state index contributed by atoms with van der Waals surface area (Å²) in [6.45, 7) is 4.30. The summed E-state index contributed by atoms with van der Waals surface area (Å²) in [6, 6.07) is 12.1. The maximum Gasteiger partial charge on any atom is 0.266 e. The Hall–Kier alpha value is -2.74. The Kier molecular flexibility index (Phi) is 5.36. The molecule has 156 valence electrons. The smallest absolute Gasteiger partial charge is 0.266 e. The number of anilines is 1. The second-order valence-corrected chi connectivity index (χ2v) is 7.63. The predicted octanol–water partition coefficient (Wildman–Crippen LogP) is 2.03. The Morgan fingerprint density at radius 1 is 1.07 bits per heavy atom. The normalized spacial score (nSPS) is 22.6. The van der Waals surface area contributed by atoms with Crippen LogP contribution in [0.1, 0.15) is 36.6 Å². The van der Waals surface area contributed by atoms with Crippen molar-refractivity contribution in [3.8, 4) is 0 Å². The molecule has 0 saturated carbocycles. The molecule has 8 heteroatoms. The van der Waals surface area contributed by atoms with Crippen molar-refractivity contribution in [3.63, 3.8) is 0 Å². The number of nitrogens with one attached hydrogen (secondary N) is 1. The van der Waals surface area contributed by atoms with Crippen molar-refractivity contribution in [3.05, 3.63) is 64.7 Å². The molecule has 0 radical (unpaired) electrons. The van der Waals surface area contributed by atoms with Crippen LogP contribution in [0.5, 0.6) is 0 Å². The first-order valence-electron chi connectivity index (χ1n) is 9.78. The maximum absolute atomic E-state index is 13.2. The minimum absolute atomic E-state index is 0. The molecule has 0 unspecified atom stereocenters. The molecule has 2 saturated heterocycles. The Bertz CT molecular complexity index is 1040. The first kappa shape index (κ1) is 20.5. The summed E-state index contributed by atoms with van der Waals surface area (Å²) in [7, 11) is 0. The topological polar surface area (TPSA) is 79.0 Å². The standard InChI is InChI=1S/C22H21N3O4.ClH/c1-13-4-2-3-5-17(13)25-21(27)15-7-6-14(10-16(15)22(25)28)20(26)24-8-9-29-19-12-23-11-18(19)24;/h2-7,10,18-19,23H,8-9,11-12H2,1H3;1H/t18-,19+;/m0./s1. The number of hydrogen-bond donors (Lipinski definition) is 1. The van der Waals surface area contributed by atoms with E-state index in [-0.39, 0.29) is 41.9 Å². The molecule has 0 aromatic heterocycles. The van der Waals surface area contributed by atoms with Gasteiger partial charge in [0.1, 0.15) is 0 Å². The van der Waals surface area contributed by atoms with E-state index in [2.05, 4.69) is 5.32 Å². The van der Waals surface area contributed by atoms with Crippen LogP contribution < -0.4 is 10.2 Å². The quantitative estimate of drug-likeness (QED) is 0.742. The highest BCUT2D eigenvalue weighted by Crippen LogP contribution is 2.31. The van der Waals surface area contributed by atoms with Crippen molar-refractivity contribution in [2.45, 2.75) is 19.1 Å². The predicted molar refractivity (Wildman–Crippen MR) is 113 cm³/mol. The number of hydrogen-bond acceptors (Lipinski definition) is 5. The second-order valence-electron chi connectivity index (χ2n) is 7.63. The SMILES string of the molecule is Cc1ccccc1N1C(=O)c2ccc(C(=O)N3CCO[C@@H]4CNC[C@@H]43)cc2C1=O.Cl. The molecule has 3 heterocycles. The summed E-state index contributed by atoms with van der Waals surface area (Å²) in [5, 5.41) is 3.26. The zero-order valence-corrected chi connectivity index (χ0v) is 17.3. The fourth-order valence-electron chi connectivity index (χ4n) is 4.42. The third-order valence-electron chi connectivity index (χ3n) is 5.94. The van der Waals surface area contributed by atoms with Crippen molar-refractivity contribution >= 4 is 35.8 Å². The highest BCUT2D eigenvalue weighted by molar-refractivity contribution is 6.35. The number of morpholine rings is 1. The molecule has 2 atom stereocenters. The molecular weight excluding hydrogens is 406 g/mol. The van der Waals surface area contributed by atoms with Gasteiger partial charge in [0.15, 0.2) is 0 Å². The molecule has 5 rings (SSSR count). The number of benzene rings is 2. The van der Waals surface area contributed by atoms with Gasteiger partial charge >= 0.3 is 0 Å². The summed E-state index contributed by atoms with van der Waals surface area (Å²) in [5.41, 5.74) is 2.44. The molecular formula is C22H22ClN3O4. The molecule has 2 aromatic rings. The van der Waals surface area contributed by atoms with Gasteiger partial charge in [-0.15, -0.1) is 12.4 Å². The highest BCUT2D eigenvalue weighted by atomic mass is 35.5. The number of amides is 3. The number of nitrogens with zero attached hydrogens (tertiary/aromatic N) is 2. The molecule has 0 aliphatic carbocycles. The molecule has 1 N–H and O–H groups in total. The van der Waals surface area contributed by atoms with Crippen molar-refractivity contribution in [1.82, 2.24) is 10.2 Å². The Morgan fingerprint density at radius 3 is 2.63 bits per heavy atom. The van der Waals surface area contributed by atoms with Crippen LogP contribution in [0.3, 0.4) is 0 Å². The average Bonchev–Trinajstić information content (AvgIpc) is 3.31. The highest BCUT2D eigenvalue weighted by Gasteiger charge is 2.41. The second kappa shape index (κ2) is 7.83. The van der Waals surface area contributed by atoms with E-state index in [1.165, 1.54) is 4.90 Å². The summed E-state index contributed by atoms with van der Waals surface area (Å²) >= 11 is 0. The van der Waals surface area contributed by atoms with E-state index >= 15 is 0 Å². The van der Waals surface area contributed by atoms with Crippen LogP contribution in [0.25, 0.3) is 0 Å². The van der Waals surface area contributed by atoms with E-state index in [1.54, 1.807) is 30.3 Å². The van der Waals surface area contributed by atoms with E-state index in [0.717, 1.165) is 12.1 Å². The van der Waals surface area contributed by atoms with Gasteiger partial charge in [-0.2, -0.15) is 0 Å². The zero-order valence-electron chi connectivity index (χ0n) is 16.5. The van der Waals surface area contributed by atoms with Crippen LogP contribution in [0, 0.1) is 6.92 Å². The number of para-hydroxylation sites is 1. The number of imide groups is 1. The molecule has 2 fully saturated rings. The van der Waals surface area contributed by atoms with E-state index in [1.807, 2.05) is 24.0 Å². The Morgan fingerprint density at radius 2 is 1.83 bits per heavy atom. The number of aryl methyl sites for hydroxylation is 1. The fourth-order valence-corrected chi connectivity index (χ4v) is 4.42. The van der Waals surface area contributed by atoms with Crippen LogP contribution in [0.15, 0.2) is 42.5 Å². The lowest BCUT2D eigenvalue weighted by molar-refractivity contribution is -0.0364. The molecule has 2 aromatic carbocycles. The minimum atomic E-state index is -0.392. The molecule has 3 aliphatic heterocycles. The third kappa shape index (κ3) is 3.10. The minimum Gasteiger partial charge on any atom is -0.373 e. The van der Waals surface area contributed by atoms with Crippen molar-refractivity contribution < 1.29 is 19.1 Å². The van der Waals surface area contributed by atoms with Crippen molar-refractivity contribution in [2.24, 2.45) is 0 Å². The fraction of sp³-hybridized carbons (Fsp3) is 0.318. The van der Waals surface area contributed by atoms with Crippen LogP contribution >= 0.6 is 12.4 Å². The number of rotatable bonds is 2. The molecule has 7 nitrogen and oxygen atoms in total. The Labute approximate surface area is 180 Å². The van der Waals surface area contributed by atoms with Crippen LogP contribution in [0.2, 0.25) is 0 Å². The van der Waals surface area contributed by atoms with Gasteiger partial charge in [-0.1, -0.05) is 18.2 Å². The molecule has 30 heavy (non-hydrogen) atoms. The molecule has 0 bridgehead atoms. The third-order valence-corrected chi connectivity index (χ3v) is 5.94. The summed E-state index contributed by atoms with van der Waals surface area (Å²) in [5.74, 6) is -0.884. The van der Waals surface area contributed by atoms with E-state index in [9.17, 15) is 14.4 Å². The lowest BCUT2D eigenvalue weighted by atomic mass is 10.0. The van der Waals surface area contributed by atoms with Gasteiger partial charge in [-0.25, -0.2) is 4.90 Å². The van der Waals surface area contributed by atoms with Gasteiger partial charge in [0.2, 0.25) is 0 Å². The van der Waals surface area contributed by atoms with E-state index < -0.39 is 5.91 Å². The molecule has 0 spiro atoms. The van der Waals surface area contributed by atoms with Gasteiger partial charge < -0.3 is 15.0 Å². The summed E-state index contributed by atoms with van der Waals surface area (Å²) in [6.07, 6.45) is 0.00174. The van der Waals surface area contributed by atoms with Gasteiger partial charge in [-0.05, 0) is 36.8 Å². The first-order valence-corrected chi connectivity index (χ1v) is 9.78. The van der Waals surface area contributed by atoms with Crippen LogP contribution in [0.4, 0.5) is 5.69 Å². The van der Waals surface area contributed by atoms with E-state index in [0.29, 0.717) is 36.5 Å². The van der Waals surface area contributed by atoms with Gasteiger partial charge in [0, 0.05) is 25.2 Å². The first-order chi connectivity index (χ1) is 14.1. The number of carbonyl (C=O) groups is 3. The zero-order chi connectivity index (χ0) is 20.1. The summed E-state index contributed by atoms with van der Waals surface area (Å²) < 4.78 is 5.74. The lowest BCUT2D eigenvalue weighted by Crippen LogP contribution is -2.53. The van der Waals surface area contributed by atoms with Gasteiger partial charge in [-0.3, -0.25) is 14.4 Å². The Balaban J connectivity index is 0.00000218. The average molecular weight is 428 g/mol. The maximum atomic E-state index is 13.2. The van der Waals surface area contributed by atoms with Crippen molar-refractivity contribution in [2.75, 3.05) is 31.1 Å². The largest absolute Gasteiger partial charge is 0.373 e. The number of halogens is 1. The van der Waals surface area contributed by atoms with Gasteiger partial charge in [0.25, 0.3) is 17.7 Å². The number of fused-ring (bicyclic) bond motifs is 2.